The zero-order chi connectivity index (χ0) is 7.52. The van der Waals surface area contributed by atoms with E-state index in [1.54, 1.807) is 0 Å². The molecular weight excluding hydrogens is 136 g/mol. The molecule has 0 aromatic heterocycles. The summed E-state index contributed by atoms with van der Waals surface area (Å²) in [5, 5.41) is 3.35. The Balaban J connectivity index is 1.93. The van der Waals surface area contributed by atoms with Crippen LogP contribution in [0, 0.1) is 0 Å². The van der Waals surface area contributed by atoms with Gasteiger partial charge in [0.2, 0.25) is 0 Å². The van der Waals surface area contributed by atoms with Crippen LogP contribution in [0.1, 0.15) is 6.42 Å². The molecule has 2 aliphatic rings. The number of piperazine rings is 1. The molecule has 2 heteroatoms. The van der Waals surface area contributed by atoms with Crippen molar-refractivity contribution in [2.75, 3.05) is 26.2 Å². The average molecular weight is 150 g/mol. The normalized spacial score (nSPS) is 24.0. The van der Waals surface area contributed by atoms with Crippen LogP contribution in [0.2, 0.25) is 0 Å². The molecule has 2 nitrogen and oxygen atoms in total. The maximum absolute atomic E-state index is 3.35. The Hall–Kier alpha value is -0.760. The molecule has 1 saturated heterocycles. The SMILES string of the molecule is C1=CCC(N2CCNCC2)=C1. The standard InChI is InChI=1S/C9H14N2/c1-2-4-9(3-1)11-7-5-10-6-8-11/h1-3,10H,4-8H2. The molecule has 0 radical (unpaired) electrons. The largest absolute Gasteiger partial charge is 0.372 e. The van der Waals surface area contributed by atoms with Gasteiger partial charge in [-0.2, -0.15) is 0 Å². The van der Waals surface area contributed by atoms with Crippen LogP contribution in [0.4, 0.5) is 0 Å². The van der Waals surface area contributed by atoms with Crippen LogP contribution in [0.5, 0.6) is 0 Å². The lowest BCUT2D eigenvalue weighted by Gasteiger charge is -2.30. The summed E-state index contributed by atoms with van der Waals surface area (Å²) in [4.78, 5) is 2.47. The zero-order valence-electron chi connectivity index (χ0n) is 6.71. The van der Waals surface area contributed by atoms with Crippen LogP contribution in [-0.2, 0) is 0 Å². The fraction of sp³-hybridized carbons (Fsp3) is 0.556. The number of hydrogen-bond acceptors (Lipinski definition) is 2. The van der Waals surface area contributed by atoms with Gasteiger partial charge in [-0.15, -0.1) is 0 Å². The van der Waals surface area contributed by atoms with Crippen molar-refractivity contribution in [1.82, 2.24) is 10.2 Å². The second-order valence-electron chi connectivity index (χ2n) is 3.03. The highest BCUT2D eigenvalue weighted by atomic mass is 15.2. The minimum atomic E-state index is 1.14. The van der Waals surface area contributed by atoms with Crippen molar-refractivity contribution in [3.05, 3.63) is 23.9 Å². The Morgan fingerprint density at radius 2 is 2.09 bits per heavy atom. The van der Waals surface area contributed by atoms with Crippen LogP contribution in [0.3, 0.4) is 0 Å². The van der Waals surface area contributed by atoms with E-state index >= 15 is 0 Å². The fourth-order valence-electron chi connectivity index (χ4n) is 1.62. The molecular formula is C9H14N2. The first kappa shape index (κ1) is 6.92. The van der Waals surface area contributed by atoms with E-state index in [9.17, 15) is 0 Å². The van der Waals surface area contributed by atoms with Gasteiger partial charge in [-0.05, 0) is 6.08 Å². The molecule has 0 aromatic rings. The lowest BCUT2D eigenvalue weighted by molar-refractivity contribution is 0.296. The number of nitrogens with zero attached hydrogens (tertiary/aromatic N) is 1. The fourth-order valence-corrected chi connectivity index (χ4v) is 1.62. The molecule has 0 amide bonds. The van der Waals surface area contributed by atoms with E-state index in [4.69, 9.17) is 0 Å². The summed E-state index contributed by atoms with van der Waals surface area (Å²) in [5.74, 6) is 0. The summed E-state index contributed by atoms with van der Waals surface area (Å²) in [6.45, 7) is 4.62. The summed E-state index contributed by atoms with van der Waals surface area (Å²) < 4.78 is 0. The molecule has 1 fully saturated rings. The Bertz CT molecular complexity index is 188. The second kappa shape index (κ2) is 3.09. The molecule has 2 rings (SSSR count). The first-order valence-corrected chi connectivity index (χ1v) is 4.28. The topological polar surface area (TPSA) is 15.3 Å². The van der Waals surface area contributed by atoms with Crippen LogP contribution in [0.25, 0.3) is 0 Å². The number of nitrogens with one attached hydrogen (secondary N) is 1. The molecule has 1 aliphatic heterocycles. The average Bonchev–Trinajstić information content (AvgIpc) is 2.58. The molecule has 11 heavy (non-hydrogen) atoms. The molecule has 1 N–H and O–H groups in total. The van der Waals surface area contributed by atoms with Gasteiger partial charge in [0.15, 0.2) is 0 Å². The third kappa shape index (κ3) is 1.46. The molecule has 1 aliphatic carbocycles. The summed E-state index contributed by atoms with van der Waals surface area (Å²) in [6.07, 6.45) is 7.74. The van der Waals surface area contributed by atoms with Gasteiger partial charge in [-0.1, -0.05) is 12.2 Å². The Labute approximate surface area is 67.6 Å². The van der Waals surface area contributed by atoms with Gasteiger partial charge in [-0.25, -0.2) is 0 Å². The molecule has 0 atom stereocenters. The zero-order valence-corrected chi connectivity index (χ0v) is 6.71. The highest BCUT2D eigenvalue weighted by Crippen LogP contribution is 2.15. The Kier molecular flexibility index (Phi) is 1.95. The predicted octanol–water partition coefficient (Wildman–Crippen LogP) is 0.735. The molecule has 0 saturated carbocycles. The van der Waals surface area contributed by atoms with E-state index in [2.05, 4.69) is 28.4 Å². The summed E-state index contributed by atoms with van der Waals surface area (Å²) in [6, 6.07) is 0. The van der Waals surface area contributed by atoms with Crippen LogP contribution in [-0.4, -0.2) is 31.1 Å². The number of allylic oxidation sites excluding steroid dienone is 3. The maximum Gasteiger partial charge on any atom is 0.0300 e. The Morgan fingerprint density at radius 3 is 2.73 bits per heavy atom. The smallest absolute Gasteiger partial charge is 0.0300 e. The lowest BCUT2D eigenvalue weighted by Crippen LogP contribution is -2.42. The van der Waals surface area contributed by atoms with Gasteiger partial charge in [0.05, 0.1) is 0 Å². The van der Waals surface area contributed by atoms with Crippen molar-refractivity contribution >= 4 is 0 Å². The van der Waals surface area contributed by atoms with Crippen LogP contribution >= 0.6 is 0 Å². The first-order chi connectivity index (χ1) is 5.47. The number of rotatable bonds is 1. The summed E-state index contributed by atoms with van der Waals surface area (Å²) in [7, 11) is 0. The minimum Gasteiger partial charge on any atom is -0.372 e. The molecule has 1 heterocycles. The number of hydrogen-bond donors (Lipinski definition) is 1. The quantitative estimate of drug-likeness (QED) is 0.593. The van der Waals surface area contributed by atoms with Gasteiger partial charge in [0.25, 0.3) is 0 Å². The monoisotopic (exact) mass is 150 g/mol. The Morgan fingerprint density at radius 1 is 1.27 bits per heavy atom. The van der Waals surface area contributed by atoms with Crippen molar-refractivity contribution in [2.45, 2.75) is 6.42 Å². The van der Waals surface area contributed by atoms with Gasteiger partial charge < -0.3 is 10.2 Å². The highest BCUT2D eigenvalue weighted by Gasteiger charge is 2.12. The van der Waals surface area contributed by atoms with E-state index in [1.165, 1.54) is 18.8 Å². The van der Waals surface area contributed by atoms with E-state index in [0.29, 0.717) is 0 Å². The molecule has 0 bridgehead atoms. The van der Waals surface area contributed by atoms with Crippen molar-refractivity contribution in [2.24, 2.45) is 0 Å². The van der Waals surface area contributed by atoms with Crippen LogP contribution in [0.15, 0.2) is 23.9 Å². The van der Waals surface area contributed by atoms with Crippen molar-refractivity contribution in [3.63, 3.8) is 0 Å². The van der Waals surface area contributed by atoms with Gasteiger partial charge >= 0.3 is 0 Å². The molecule has 60 valence electrons. The van der Waals surface area contributed by atoms with Crippen molar-refractivity contribution < 1.29 is 0 Å². The third-order valence-electron chi connectivity index (χ3n) is 2.27. The predicted molar refractivity (Wildman–Crippen MR) is 46.3 cm³/mol. The van der Waals surface area contributed by atoms with Gasteiger partial charge in [-0.3, -0.25) is 0 Å². The molecule has 0 unspecified atom stereocenters. The third-order valence-corrected chi connectivity index (χ3v) is 2.27. The van der Waals surface area contributed by atoms with Gasteiger partial charge in [0, 0.05) is 38.3 Å². The highest BCUT2D eigenvalue weighted by molar-refractivity contribution is 5.22. The summed E-state index contributed by atoms with van der Waals surface area (Å²) >= 11 is 0. The van der Waals surface area contributed by atoms with Crippen molar-refractivity contribution in [1.29, 1.82) is 0 Å². The van der Waals surface area contributed by atoms with E-state index in [1.807, 2.05) is 0 Å². The first-order valence-electron chi connectivity index (χ1n) is 4.28. The van der Waals surface area contributed by atoms with Gasteiger partial charge in [0.1, 0.15) is 0 Å². The van der Waals surface area contributed by atoms with E-state index < -0.39 is 0 Å². The van der Waals surface area contributed by atoms with E-state index in [0.717, 1.165) is 19.5 Å². The maximum atomic E-state index is 3.35. The minimum absolute atomic E-state index is 1.14. The summed E-state index contributed by atoms with van der Waals surface area (Å²) in [5.41, 5.74) is 1.49. The lowest BCUT2D eigenvalue weighted by atomic mass is 10.3. The molecule has 0 aromatic carbocycles. The van der Waals surface area contributed by atoms with Crippen LogP contribution < -0.4 is 5.32 Å². The van der Waals surface area contributed by atoms with E-state index in [-0.39, 0.29) is 0 Å². The molecule has 0 spiro atoms. The second-order valence-corrected chi connectivity index (χ2v) is 3.03. The van der Waals surface area contributed by atoms with Crippen molar-refractivity contribution in [3.8, 4) is 0 Å².